The summed E-state index contributed by atoms with van der Waals surface area (Å²) in [6.45, 7) is 0. The van der Waals surface area contributed by atoms with Gasteiger partial charge in [-0.1, -0.05) is 95.5 Å². The van der Waals surface area contributed by atoms with Crippen LogP contribution in [0.15, 0.2) is 60.7 Å². The number of benzene rings is 2. The molecule has 2 aromatic rings. The predicted molar refractivity (Wildman–Crippen MR) is 113 cm³/mol. The number of amides is 1. The molecule has 0 bridgehead atoms. The van der Waals surface area contributed by atoms with E-state index in [1.807, 2.05) is 60.7 Å². The van der Waals surface area contributed by atoms with Crippen molar-refractivity contribution in [3.63, 3.8) is 0 Å². The second-order valence-corrected chi connectivity index (χ2v) is 11.1. The Hall–Kier alpha value is -1.31. The Labute approximate surface area is 179 Å². The second kappa shape index (κ2) is 8.59. The summed E-state index contributed by atoms with van der Waals surface area (Å²) < 4.78 is 22.3. The van der Waals surface area contributed by atoms with Crippen LogP contribution in [-0.2, 0) is 14.6 Å². The topological polar surface area (TPSA) is 75.3 Å². The first-order valence-electron chi connectivity index (χ1n) is 8.60. The molecule has 1 saturated heterocycles. The van der Waals surface area contributed by atoms with Crippen molar-refractivity contribution in [3.8, 4) is 0 Å². The highest BCUT2D eigenvalue weighted by Gasteiger charge is 2.42. The summed E-state index contributed by atoms with van der Waals surface area (Å²) in [5.74, 6) is -1.18. The highest BCUT2D eigenvalue weighted by atomic mass is 35.6. The lowest BCUT2D eigenvalue weighted by atomic mass is 9.97. The summed E-state index contributed by atoms with van der Waals surface area (Å²) in [6, 6.07) is 17.8. The van der Waals surface area contributed by atoms with E-state index in [1.54, 1.807) is 0 Å². The number of rotatable bonds is 5. The van der Waals surface area contributed by atoms with Crippen LogP contribution in [0.2, 0.25) is 0 Å². The maximum Gasteiger partial charge on any atom is 0.272 e. The van der Waals surface area contributed by atoms with Gasteiger partial charge in [-0.2, -0.15) is 0 Å². The summed E-state index contributed by atoms with van der Waals surface area (Å²) in [4.78, 5) is 12.1. The van der Waals surface area contributed by atoms with Crippen molar-refractivity contribution in [2.45, 2.75) is 21.9 Å². The Morgan fingerprint density at radius 2 is 1.36 bits per heavy atom. The number of hydrogen-bond donors (Lipinski definition) is 2. The number of carbonyl (C=O) groups is 1. The van der Waals surface area contributed by atoms with Crippen molar-refractivity contribution in [2.75, 3.05) is 11.5 Å². The Kier molecular flexibility index (Phi) is 6.57. The fourth-order valence-electron chi connectivity index (χ4n) is 3.29. The third-order valence-corrected chi connectivity index (χ3v) is 6.82. The van der Waals surface area contributed by atoms with Crippen LogP contribution in [0.4, 0.5) is 0 Å². The van der Waals surface area contributed by atoms with E-state index in [-0.39, 0.29) is 17.5 Å². The van der Waals surface area contributed by atoms with Gasteiger partial charge in [-0.25, -0.2) is 8.42 Å². The summed E-state index contributed by atoms with van der Waals surface area (Å²) in [7, 11) is -3.35. The molecule has 2 aromatic carbocycles. The number of carbonyl (C=O) groups excluding carboxylic acids is 1. The number of sulfone groups is 1. The van der Waals surface area contributed by atoms with Crippen LogP contribution >= 0.6 is 34.8 Å². The fraction of sp³-hybridized carbons (Fsp3) is 0.316. The number of hydrogen-bond acceptors (Lipinski definition) is 4. The molecule has 1 amide bonds. The van der Waals surface area contributed by atoms with Gasteiger partial charge in [0.05, 0.1) is 23.6 Å². The zero-order chi connectivity index (χ0) is 20.4. The second-order valence-electron chi connectivity index (χ2n) is 6.68. The molecule has 0 aliphatic carbocycles. The molecule has 0 aromatic heterocycles. The van der Waals surface area contributed by atoms with E-state index in [2.05, 4.69) is 10.6 Å². The molecular formula is C19H19Cl3N2O3S. The lowest BCUT2D eigenvalue weighted by Gasteiger charge is -2.28. The summed E-state index contributed by atoms with van der Waals surface area (Å²) in [5, 5.41) is 5.94. The van der Waals surface area contributed by atoms with Gasteiger partial charge in [0.1, 0.15) is 0 Å². The van der Waals surface area contributed by atoms with Crippen LogP contribution in [0.25, 0.3) is 0 Å². The summed E-state index contributed by atoms with van der Waals surface area (Å²) >= 11 is 16.9. The molecule has 1 fully saturated rings. The van der Waals surface area contributed by atoms with Gasteiger partial charge >= 0.3 is 0 Å². The minimum absolute atomic E-state index is 0.117. The monoisotopic (exact) mass is 460 g/mol. The Bertz CT molecular complexity index is 879. The lowest BCUT2D eigenvalue weighted by molar-refractivity contribution is -0.120. The average Bonchev–Trinajstić information content (AvgIpc) is 2.93. The zero-order valence-electron chi connectivity index (χ0n) is 14.7. The van der Waals surface area contributed by atoms with E-state index in [9.17, 15) is 13.2 Å². The highest BCUT2D eigenvalue weighted by molar-refractivity contribution is 7.91. The van der Waals surface area contributed by atoms with E-state index in [0.29, 0.717) is 0 Å². The van der Waals surface area contributed by atoms with Gasteiger partial charge in [-0.3, -0.25) is 4.79 Å². The van der Waals surface area contributed by atoms with E-state index in [4.69, 9.17) is 34.8 Å². The molecular weight excluding hydrogens is 443 g/mol. The smallest absolute Gasteiger partial charge is 0.272 e. The summed E-state index contributed by atoms with van der Waals surface area (Å²) in [6.07, 6.45) is 0. The predicted octanol–water partition coefficient (Wildman–Crippen LogP) is 3.02. The summed E-state index contributed by atoms with van der Waals surface area (Å²) in [5.41, 5.74) is 1.95. The quantitative estimate of drug-likeness (QED) is 0.671. The Balaban J connectivity index is 1.88. The molecule has 9 heteroatoms. The van der Waals surface area contributed by atoms with Crippen LogP contribution in [0, 0.1) is 0 Å². The third-order valence-electron chi connectivity index (χ3n) is 4.57. The molecule has 3 rings (SSSR count). The van der Waals surface area contributed by atoms with Gasteiger partial charge in [0.2, 0.25) is 0 Å². The van der Waals surface area contributed by atoms with E-state index < -0.39 is 31.6 Å². The number of alkyl halides is 3. The van der Waals surface area contributed by atoms with Crippen molar-refractivity contribution in [1.82, 2.24) is 10.6 Å². The molecule has 1 heterocycles. The van der Waals surface area contributed by atoms with Crippen molar-refractivity contribution in [2.24, 2.45) is 0 Å². The van der Waals surface area contributed by atoms with Crippen LogP contribution < -0.4 is 10.6 Å². The fourth-order valence-corrected chi connectivity index (χ4v) is 5.33. The molecule has 28 heavy (non-hydrogen) atoms. The largest absolute Gasteiger partial charge is 0.347 e. The van der Waals surface area contributed by atoms with Crippen LogP contribution in [-0.4, -0.2) is 41.7 Å². The first kappa shape index (κ1) is 21.4. The van der Waals surface area contributed by atoms with Gasteiger partial charge in [0.15, 0.2) is 9.84 Å². The Morgan fingerprint density at radius 1 is 0.893 bits per heavy atom. The SMILES string of the molecule is O=C(N[C@@H]1CS(=O)(=O)C[C@H]1NC(c1ccccc1)c1ccccc1)C(Cl)(Cl)Cl. The molecule has 0 radical (unpaired) electrons. The van der Waals surface area contributed by atoms with E-state index in [0.717, 1.165) is 11.1 Å². The maximum absolute atomic E-state index is 12.2. The standard InChI is InChI=1S/C19H19Cl3N2O3S/c20-19(21,22)18(25)24-16-12-28(26,27)11-15(16)23-17(13-7-3-1-4-8-13)14-9-5-2-6-10-14/h1-10,15-17,23H,11-12H2,(H,24,25)/t15-,16-/m1/s1. The molecule has 150 valence electrons. The van der Waals surface area contributed by atoms with Crippen LogP contribution in [0.1, 0.15) is 17.2 Å². The van der Waals surface area contributed by atoms with Gasteiger partial charge in [0, 0.05) is 6.04 Å². The van der Waals surface area contributed by atoms with Gasteiger partial charge in [-0.05, 0) is 11.1 Å². The highest BCUT2D eigenvalue weighted by Crippen LogP contribution is 2.28. The van der Waals surface area contributed by atoms with Gasteiger partial charge in [0.25, 0.3) is 9.70 Å². The van der Waals surface area contributed by atoms with Crippen molar-refractivity contribution < 1.29 is 13.2 Å². The van der Waals surface area contributed by atoms with Gasteiger partial charge in [-0.15, -0.1) is 0 Å². The molecule has 2 N–H and O–H groups in total. The average molecular weight is 462 g/mol. The number of halogens is 3. The van der Waals surface area contributed by atoms with Crippen molar-refractivity contribution in [1.29, 1.82) is 0 Å². The Morgan fingerprint density at radius 3 is 1.82 bits per heavy atom. The lowest BCUT2D eigenvalue weighted by Crippen LogP contribution is -2.52. The number of nitrogens with one attached hydrogen (secondary N) is 2. The van der Waals surface area contributed by atoms with Gasteiger partial charge < -0.3 is 10.6 Å². The van der Waals surface area contributed by atoms with Crippen molar-refractivity contribution in [3.05, 3.63) is 71.8 Å². The van der Waals surface area contributed by atoms with Crippen LogP contribution in [0.5, 0.6) is 0 Å². The first-order chi connectivity index (χ1) is 13.2. The first-order valence-corrected chi connectivity index (χ1v) is 11.6. The molecule has 0 unspecified atom stereocenters. The minimum Gasteiger partial charge on any atom is -0.347 e. The van der Waals surface area contributed by atoms with Crippen LogP contribution in [0.3, 0.4) is 0 Å². The molecule has 1 aliphatic heterocycles. The molecule has 1 aliphatic rings. The van der Waals surface area contributed by atoms with E-state index in [1.165, 1.54) is 0 Å². The third kappa shape index (κ3) is 5.39. The molecule has 0 saturated carbocycles. The molecule has 2 atom stereocenters. The normalized spacial score (nSPS) is 21.6. The molecule has 0 spiro atoms. The zero-order valence-corrected chi connectivity index (χ0v) is 17.8. The minimum atomic E-state index is -3.35. The maximum atomic E-state index is 12.2. The van der Waals surface area contributed by atoms with Crippen molar-refractivity contribution >= 4 is 50.5 Å². The molecule has 5 nitrogen and oxygen atoms in total. The van der Waals surface area contributed by atoms with E-state index >= 15 is 0 Å².